The number of benzene rings is 1. The Kier molecular flexibility index (Phi) is 5.96. The monoisotopic (exact) mass is 371 g/mol. The molecule has 0 saturated heterocycles. The van der Waals surface area contributed by atoms with Crippen molar-refractivity contribution >= 4 is 23.6 Å². The van der Waals surface area contributed by atoms with Crippen molar-refractivity contribution < 1.29 is 32.3 Å². The molecule has 7 nitrogen and oxygen atoms in total. The predicted octanol–water partition coefficient (Wildman–Crippen LogP) is 0.857. The van der Waals surface area contributed by atoms with Crippen LogP contribution in [0.25, 0.3) is 0 Å². The molecule has 2 rings (SSSR count). The number of rotatable bonds is 7. The van der Waals surface area contributed by atoms with Gasteiger partial charge in [0.2, 0.25) is 5.91 Å². The van der Waals surface area contributed by atoms with Crippen LogP contribution < -0.4 is 10.6 Å². The van der Waals surface area contributed by atoms with Crippen LogP contribution >= 0.6 is 0 Å². The Morgan fingerprint density at radius 3 is 2.04 bits per heavy atom. The van der Waals surface area contributed by atoms with Crippen molar-refractivity contribution in [1.29, 1.82) is 0 Å². The second-order valence-corrected chi connectivity index (χ2v) is 5.51. The third-order valence-corrected chi connectivity index (χ3v) is 3.65. The molecule has 4 amide bonds. The van der Waals surface area contributed by atoms with Crippen LogP contribution in [0.2, 0.25) is 0 Å². The second-order valence-electron chi connectivity index (χ2n) is 5.51. The van der Waals surface area contributed by atoms with Crippen LogP contribution in [0.1, 0.15) is 33.6 Å². The zero-order valence-corrected chi connectivity index (χ0v) is 13.6. The first-order valence-electron chi connectivity index (χ1n) is 7.78. The van der Waals surface area contributed by atoms with Crippen molar-refractivity contribution in [3.63, 3.8) is 0 Å². The summed E-state index contributed by atoms with van der Waals surface area (Å²) < 4.78 is 35.9. The van der Waals surface area contributed by atoms with E-state index in [1.807, 2.05) is 0 Å². The van der Waals surface area contributed by atoms with Gasteiger partial charge in [-0.05, 0) is 18.6 Å². The van der Waals surface area contributed by atoms with Gasteiger partial charge < -0.3 is 10.6 Å². The van der Waals surface area contributed by atoms with E-state index in [1.54, 1.807) is 29.6 Å². The van der Waals surface area contributed by atoms with E-state index in [2.05, 4.69) is 5.32 Å². The number of halogens is 3. The summed E-state index contributed by atoms with van der Waals surface area (Å²) in [7, 11) is 0. The Balaban J connectivity index is 1.67. The van der Waals surface area contributed by atoms with E-state index in [-0.39, 0.29) is 32.5 Å². The maximum atomic E-state index is 12.1. The molecule has 0 atom stereocenters. The lowest BCUT2D eigenvalue weighted by Gasteiger charge is -2.13. The molecule has 0 radical (unpaired) electrons. The highest BCUT2D eigenvalue weighted by Gasteiger charge is 2.38. The summed E-state index contributed by atoms with van der Waals surface area (Å²) in [4.78, 5) is 47.4. The summed E-state index contributed by atoms with van der Waals surface area (Å²) in [5.41, 5.74) is 0.643. The molecule has 0 aliphatic carbocycles. The van der Waals surface area contributed by atoms with Crippen LogP contribution in [0.15, 0.2) is 24.3 Å². The fraction of sp³-hybridized carbons (Fsp3) is 0.375. The highest BCUT2D eigenvalue weighted by molar-refractivity contribution is 6.21. The van der Waals surface area contributed by atoms with Gasteiger partial charge in [0, 0.05) is 26.1 Å². The summed E-state index contributed by atoms with van der Waals surface area (Å²) in [5.74, 6) is -3.36. The maximum Gasteiger partial charge on any atom is 0.471 e. The first kappa shape index (κ1) is 19.4. The van der Waals surface area contributed by atoms with Gasteiger partial charge in [0.15, 0.2) is 0 Å². The van der Waals surface area contributed by atoms with Gasteiger partial charge in [-0.15, -0.1) is 0 Å². The molecule has 26 heavy (non-hydrogen) atoms. The van der Waals surface area contributed by atoms with Crippen LogP contribution in [0.4, 0.5) is 13.2 Å². The largest absolute Gasteiger partial charge is 0.471 e. The van der Waals surface area contributed by atoms with Crippen molar-refractivity contribution in [1.82, 2.24) is 15.5 Å². The molecule has 140 valence electrons. The number of imide groups is 1. The van der Waals surface area contributed by atoms with E-state index in [9.17, 15) is 32.3 Å². The van der Waals surface area contributed by atoms with Crippen molar-refractivity contribution in [3.05, 3.63) is 35.4 Å². The third-order valence-electron chi connectivity index (χ3n) is 3.65. The standard InChI is InChI=1S/C16H16F3N3O4/c17-16(18,19)15(26)21-8-7-20-12(23)6-3-9-22-13(24)10-4-1-2-5-11(10)14(22)25/h1-2,4-5H,3,6-9H2,(H,20,23)(H,21,26). The molecule has 1 aromatic carbocycles. The molecule has 0 saturated carbocycles. The lowest BCUT2D eigenvalue weighted by atomic mass is 10.1. The van der Waals surface area contributed by atoms with E-state index in [0.717, 1.165) is 4.90 Å². The number of alkyl halides is 3. The van der Waals surface area contributed by atoms with E-state index in [4.69, 9.17) is 0 Å². The predicted molar refractivity (Wildman–Crippen MR) is 83.1 cm³/mol. The van der Waals surface area contributed by atoms with Gasteiger partial charge >= 0.3 is 12.1 Å². The fourth-order valence-corrected chi connectivity index (χ4v) is 2.41. The molecule has 10 heteroatoms. The molecule has 1 aliphatic rings. The lowest BCUT2D eigenvalue weighted by molar-refractivity contribution is -0.173. The number of nitrogens with one attached hydrogen (secondary N) is 2. The number of nitrogens with zero attached hydrogens (tertiary/aromatic N) is 1. The van der Waals surface area contributed by atoms with Crippen LogP contribution in [-0.4, -0.2) is 54.3 Å². The molecule has 0 fully saturated rings. The Hall–Kier alpha value is -2.91. The van der Waals surface area contributed by atoms with Crippen molar-refractivity contribution in [2.75, 3.05) is 19.6 Å². The minimum absolute atomic E-state index is 0.0133. The number of carbonyl (C=O) groups is 4. The maximum absolute atomic E-state index is 12.1. The van der Waals surface area contributed by atoms with E-state index >= 15 is 0 Å². The Morgan fingerprint density at radius 1 is 0.962 bits per heavy atom. The smallest absolute Gasteiger partial charge is 0.354 e. The SMILES string of the molecule is O=C(CCCN1C(=O)c2ccccc2C1=O)NCCNC(=O)C(F)(F)F. The zero-order chi connectivity index (χ0) is 19.3. The number of carbonyl (C=O) groups excluding carboxylic acids is 4. The molecule has 0 bridgehead atoms. The summed E-state index contributed by atoms with van der Waals surface area (Å²) >= 11 is 0. The molecule has 0 unspecified atom stereocenters. The number of amides is 4. The molecule has 2 N–H and O–H groups in total. The summed E-state index contributed by atoms with van der Waals surface area (Å²) in [5, 5.41) is 3.97. The van der Waals surface area contributed by atoms with Crippen LogP contribution in [0, 0.1) is 0 Å². The van der Waals surface area contributed by atoms with Crippen molar-refractivity contribution in [2.24, 2.45) is 0 Å². The van der Waals surface area contributed by atoms with Crippen LogP contribution in [0.5, 0.6) is 0 Å². The van der Waals surface area contributed by atoms with Gasteiger partial charge in [-0.1, -0.05) is 12.1 Å². The van der Waals surface area contributed by atoms with Crippen LogP contribution in [0.3, 0.4) is 0 Å². The first-order valence-corrected chi connectivity index (χ1v) is 7.78. The van der Waals surface area contributed by atoms with Gasteiger partial charge in [-0.3, -0.25) is 24.1 Å². The van der Waals surface area contributed by atoms with Gasteiger partial charge in [0.1, 0.15) is 0 Å². The molecule has 0 spiro atoms. The second kappa shape index (κ2) is 7.98. The van der Waals surface area contributed by atoms with E-state index < -0.39 is 29.8 Å². The van der Waals surface area contributed by atoms with Crippen molar-refractivity contribution in [2.45, 2.75) is 19.0 Å². The fourth-order valence-electron chi connectivity index (χ4n) is 2.41. The molecular weight excluding hydrogens is 355 g/mol. The Labute approximate surface area is 146 Å². The molecule has 1 aromatic rings. The minimum Gasteiger partial charge on any atom is -0.354 e. The van der Waals surface area contributed by atoms with Gasteiger partial charge in [0.05, 0.1) is 11.1 Å². The quantitative estimate of drug-likeness (QED) is 0.549. The van der Waals surface area contributed by atoms with E-state index in [1.165, 1.54) is 0 Å². The Morgan fingerprint density at radius 2 is 1.50 bits per heavy atom. The normalized spacial score (nSPS) is 13.6. The lowest BCUT2D eigenvalue weighted by Crippen LogP contribution is -2.41. The number of hydrogen-bond acceptors (Lipinski definition) is 4. The molecule has 0 aromatic heterocycles. The number of hydrogen-bond donors (Lipinski definition) is 2. The van der Waals surface area contributed by atoms with Crippen LogP contribution in [-0.2, 0) is 9.59 Å². The van der Waals surface area contributed by atoms with Gasteiger partial charge in [-0.2, -0.15) is 13.2 Å². The average Bonchev–Trinajstić information content (AvgIpc) is 2.83. The first-order chi connectivity index (χ1) is 12.2. The molecule has 1 heterocycles. The van der Waals surface area contributed by atoms with Gasteiger partial charge in [0.25, 0.3) is 11.8 Å². The summed E-state index contributed by atoms with van der Waals surface area (Å²) in [6, 6.07) is 6.41. The average molecular weight is 371 g/mol. The highest BCUT2D eigenvalue weighted by Crippen LogP contribution is 2.22. The summed E-state index contributed by atoms with van der Waals surface area (Å²) in [6.45, 7) is -0.458. The topological polar surface area (TPSA) is 95.6 Å². The highest BCUT2D eigenvalue weighted by atomic mass is 19.4. The van der Waals surface area contributed by atoms with Crippen molar-refractivity contribution in [3.8, 4) is 0 Å². The Bertz CT molecular complexity index is 699. The number of fused-ring (bicyclic) bond motifs is 1. The zero-order valence-electron chi connectivity index (χ0n) is 13.6. The van der Waals surface area contributed by atoms with Gasteiger partial charge in [-0.25, -0.2) is 0 Å². The summed E-state index contributed by atoms with van der Waals surface area (Å²) in [6.07, 6.45) is -4.76. The minimum atomic E-state index is -4.96. The third kappa shape index (κ3) is 4.58. The molecular formula is C16H16F3N3O4. The molecule has 1 aliphatic heterocycles. The van der Waals surface area contributed by atoms with E-state index in [0.29, 0.717) is 11.1 Å².